The third-order valence-corrected chi connectivity index (χ3v) is 6.02. The number of nitrogens with zero attached hydrogens (tertiary/aromatic N) is 1. The van der Waals surface area contributed by atoms with Gasteiger partial charge < -0.3 is 5.11 Å². The van der Waals surface area contributed by atoms with Crippen LogP contribution in [0.25, 0.3) is 0 Å². The first kappa shape index (κ1) is 14.7. The van der Waals surface area contributed by atoms with Crippen molar-refractivity contribution in [2.75, 3.05) is 0 Å². The Morgan fingerprint density at radius 2 is 2.06 bits per heavy atom. The minimum Gasteiger partial charge on any atom is -0.392 e. The zero-order valence-corrected chi connectivity index (χ0v) is 12.2. The van der Waals surface area contributed by atoms with Crippen LogP contribution in [0.3, 0.4) is 0 Å². The van der Waals surface area contributed by atoms with Crippen LogP contribution in [0.15, 0.2) is 36.0 Å². The van der Waals surface area contributed by atoms with E-state index in [9.17, 15) is 5.11 Å². The highest BCUT2D eigenvalue weighted by Crippen LogP contribution is 2.10. The molecule has 0 saturated carbocycles. The van der Waals surface area contributed by atoms with Crippen LogP contribution in [0.4, 0.5) is 0 Å². The van der Waals surface area contributed by atoms with Gasteiger partial charge in [0.25, 0.3) is 0 Å². The van der Waals surface area contributed by atoms with Crippen molar-refractivity contribution in [2.45, 2.75) is 39.0 Å². The molecule has 2 nitrogen and oxygen atoms in total. The molecule has 1 aromatic rings. The smallest absolute Gasteiger partial charge is 0.104 e. The van der Waals surface area contributed by atoms with Crippen LogP contribution in [-0.4, -0.2) is 13.2 Å². The van der Waals surface area contributed by atoms with Gasteiger partial charge in [0.2, 0.25) is 0 Å². The number of allylic oxidation sites excluding steroid dienone is 1. The first-order valence-corrected chi connectivity index (χ1v) is 9.43. The van der Waals surface area contributed by atoms with Gasteiger partial charge in [-0.2, -0.15) is 5.26 Å². The highest BCUT2D eigenvalue weighted by molar-refractivity contribution is 6.94. The van der Waals surface area contributed by atoms with E-state index in [0.29, 0.717) is 6.42 Å². The molecular weight excluding hydrogens is 238 g/mol. The molecule has 0 aliphatic rings. The SMILES string of the molecule is C[Si](C)(C=CCCCC#N)c1ccccc1CO. The summed E-state index contributed by atoms with van der Waals surface area (Å²) in [6.45, 7) is 4.67. The van der Waals surface area contributed by atoms with Gasteiger partial charge in [-0.1, -0.05) is 49.1 Å². The van der Waals surface area contributed by atoms with Crippen molar-refractivity contribution in [1.82, 2.24) is 0 Å². The predicted molar refractivity (Wildman–Crippen MR) is 78.1 cm³/mol. The van der Waals surface area contributed by atoms with Crippen molar-refractivity contribution in [3.63, 3.8) is 0 Å². The third kappa shape index (κ3) is 4.14. The van der Waals surface area contributed by atoms with E-state index in [2.05, 4.69) is 37.0 Å². The molecule has 0 fully saturated rings. The van der Waals surface area contributed by atoms with Crippen LogP contribution in [0, 0.1) is 11.3 Å². The molecule has 96 valence electrons. The van der Waals surface area contributed by atoms with Gasteiger partial charge in [0, 0.05) is 6.42 Å². The molecule has 1 aromatic carbocycles. The summed E-state index contributed by atoms with van der Waals surface area (Å²) in [5.74, 6) is 0. The second kappa shape index (κ2) is 7.15. The number of rotatable bonds is 6. The molecule has 0 aliphatic carbocycles. The predicted octanol–water partition coefficient (Wildman–Crippen LogP) is 2.88. The fourth-order valence-electron chi connectivity index (χ4n) is 2.05. The maximum atomic E-state index is 9.39. The lowest BCUT2D eigenvalue weighted by Crippen LogP contribution is -2.41. The summed E-state index contributed by atoms with van der Waals surface area (Å²) >= 11 is 0. The van der Waals surface area contributed by atoms with Gasteiger partial charge >= 0.3 is 0 Å². The van der Waals surface area contributed by atoms with Crippen molar-refractivity contribution >= 4 is 13.3 Å². The van der Waals surface area contributed by atoms with Crippen LogP contribution in [0.2, 0.25) is 13.1 Å². The van der Waals surface area contributed by atoms with Gasteiger partial charge in [0.05, 0.1) is 12.7 Å². The van der Waals surface area contributed by atoms with Gasteiger partial charge in [-0.3, -0.25) is 0 Å². The Kier molecular flexibility index (Phi) is 5.83. The summed E-state index contributed by atoms with van der Waals surface area (Å²) in [5, 5.41) is 19.2. The summed E-state index contributed by atoms with van der Waals surface area (Å²) in [5.41, 5.74) is 3.34. The van der Waals surface area contributed by atoms with Gasteiger partial charge in [-0.15, -0.1) is 0 Å². The van der Waals surface area contributed by atoms with Gasteiger partial charge in [-0.05, 0) is 23.6 Å². The molecule has 0 aliphatic heterocycles. The normalized spacial score (nSPS) is 11.7. The van der Waals surface area contributed by atoms with E-state index >= 15 is 0 Å². The molecule has 0 unspecified atom stereocenters. The number of hydrogen-bond donors (Lipinski definition) is 1. The molecule has 3 heteroatoms. The van der Waals surface area contributed by atoms with Gasteiger partial charge in [-0.25, -0.2) is 0 Å². The van der Waals surface area contributed by atoms with E-state index in [1.165, 1.54) is 5.19 Å². The average molecular weight is 259 g/mol. The maximum absolute atomic E-state index is 9.39. The molecule has 0 bridgehead atoms. The van der Waals surface area contributed by atoms with E-state index in [4.69, 9.17) is 5.26 Å². The Labute approximate surface area is 111 Å². The molecule has 0 spiro atoms. The summed E-state index contributed by atoms with van der Waals surface area (Å²) in [6, 6.07) is 10.3. The van der Waals surface area contributed by atoms with Crippen LogP contribution < -0.4 is 5.19 Å². The monoisotopic (exact) mass is 259 g/mol. The van der Waals surface area contributed by atoms with E-state index in [1.807, 2.05) is 18.2 Å². The topological polar surface area (TPSA) is 44.0 Å². The van der Waals surface area contributed by atoms with Crippen LogP contribution in [-0.2, 0) is 6.61 Å². The number of nitriles is 1. The van der Waals surface area contributed by atoms with Gasteiger partial charge in [0.15, 0.2) is 0 Å². The Bertz CT molecular complexity index is 446. The van der Waals surface area contributed by atoms with E-state index in [0.717, 1.165) is 18.4 Å². The van der Waals surface area contributed by atoms with E-state index in [1.54, 1.807) is 0 Å². The van der Waals surface area contributed by atoms with Crippen molar-refractivity contribution < 1.29 is 5.11 Å². The summed E-state index contributed by atoms with van der Waals surface area (Å²) < 4.78 is 0. The second-order valence-electron chi connectivity index (χ2n) is 4.99. The summed E-state index contributed by atoms with van der Waals surface area (Å²) in [4.78, 5) is 0. The summed E-state index contributed by atoms with van der Waals surface area (Å²) in [7, 11) is -1.63. The molecule has 1 N–H and O–H groups in total. The van der Waals surface area contributed by atoms with Crippen LogP contribution >= 0.6 is 0 Å². The molecule has 0 heterocycles. The summed E-state index contributed by atoms with van der Waals surface area (Å²) in [6.07, 6.45) is 4.71. The minimum absolute atomic E-state index is 0.106. The van der Waals surface area contributed by atoms with E-state index in [-0.39, 0.29) is 6.61 Å². The standard InChI is InChI=1S/C15H21NOSi/c1-18(2,12-8-4-3-7-11-16)15-10-6-5-9-14(15)13-17/h5-6,8-10,12,17H,3-4,7,13H2,1-2H3. The van der Waals surface area contributed by atoms with E-state index < -0.39 is 8.07 Å². The lowest BCUT2D eigenvalue weighted by Gasteiger charge is -2.21. The van der Waals surface area contributed by atoms with Crippen molar-refractivity contribution in [1.29, 1.82) is 5.26 Å². The lowest BCUT2D eigenvalue weighted by molar-refractivity contribution is 0.283. The number of hydrogen-bond acceptors (Lipinski definition) is 2. The Morgan fingerprint density at radius 3 is 2.72 bits per heavy atom. The number of unbranched alkanes of at least 4 members (excludes halogenated alkanes) is 2. The molecule has 18 heavy (non-hydrogen) atoms. The molecule has 0 amide bonds. The maximum Gasteiger partial charge on any atom is 0.104 e. The Morgan fingerprint density at radius 1 is 1.33 bits per heavy atom. The van der Waals surface area contributed by atoms with Crippen LogP contribution in [0.5, 0.6) is 0 Å². The highest BCUT2D eigenvalue weighted by atomic mass is 28.3. The fraction of sp³-hybridized carbons (Fsp3) is 0.400. The first-order chi connectivity index (χ1) is 8.61. The second-order valence-corrected chi connectivity index (χ2v) is 9.31. The van der Waals surface area contributed by atoms with Crippen molar-refractivity contribution in [3.05, 3.63) is 41.6 Å². The zero-order valence-electron chi connectivity index (χ0n) is 11.2. The molecule has 0 atom stereocenters. The van der Waals surface area contributed by atoms with Crippen molar-refractivity contribution in [2.24, 2.45) is 0 Å². The molecule has 0 radical (unpaired) electrons. The fourth-order valence-corrected chi connectivity index (χ4v) is 4.50. The first-order valence-electron chi connectivity index (χ1n) is 6.35. The largest absolute Gasteiger partial charge is 0.392 e. The average Bonchev–Trinajstić information content (AvgIpc) is 2.38. The third-order valence-electron chi connectivity index (χ3n) is 3.08. The lowest BCUT2D eigenvalue weighted by atomic mass is 10.2. The Hall–Kier alpha value is -1.37. The highest BCUT2D eigenvalue weighted by Gasteiger charge is 2.22. The molecular formula is C15H21NOSi. The number of benzene rings is 1. The molecule has 0 aromatic heterocycles. The number of aliphatic hydroxyl groups excluding tert-OH is 1. The quantitative estimate of drug-likeness (QED) is 0.630. The molecule has 1 rings (SSSR count). The Balaban J connectivity index is 2.76. The van der Waals surface area contributed by atoms with Crippen molar-refractivity contribution in [3.8, 4) is 6.07 Å². The zero-order chi connectivity index (χ0) is 13.4. The van der Waals surface area contributed by atoms with Gasteiger partial charge in [0.1, 0.15) is 8.07 Å². The number of aliphatic hydroxyl groups is 1. The van der Waals surface area contributed by atoms with Crippen LogP contribution in [0.1, 0.15) is 24.8 Å². The molecule has 0 saturated heterocycles. The minimum atomic E-state index is -1.63.